The van der Waals surface area contributed by atoms with Crippen molar-refractivity contribution in [1.29, 1.82) is 0 Å². The number of ether oxygens (including phenoxy) is 2. The molecule has 0 radical (unpaired) electrons. The van der Waals surface area contributed by atoms with E-state index < -0.39 is 0 Å². The van der Waals surface area contributed by atoms with Crippen LogP contribution in [0.1, 0.15) is 31.7 Å². The molecular formula is C23H27N3O4. The number of rotatable bonds is 7. The molecule has 158 valence electrons. The lowest BCUT2D eigenvalue weighted by molar-refractivity contribution is -0.132. The summed E-state index contributed by atoms with van der Waals surface area (Å²) in [5.41, 5.74) is 1.72. The molecule has 0 spiro atoms. The van der Waals surface area contributed by atoms with Crippen LogP contribution in [-0.4, -0.2) is 47.2 Å². The number of carbonyl (C=O) groups excluding carboxylic acids is 1. The van der Waals surface area contributed by atoms with Gasteiger partial charge in [-0.1, -0.05) is 12.1 Å². The van der Waals surface area contributed by atoms with Crippen LogP contribution in [0.5, 0.6) is 11.5 Å². The standard InChI is InChI=1S/C23H27N3O4/c1-29-18-8-10-19(11-9-18)30-16-4-7-22(27)25-14-12-17(13-15-25)26-21-6-3-2-5-20(21)24-23(26)28/h2-3,5-6,8-11,17H,4,7,12-16H2,1H3,(H,24,28). The third-order valence-corrected chi connectivity index (χ3v) is 5.67. The summed E-state index contributed by atoms with van der Waals surface area (Å²) in [5, 5.41) is 0. The van der Waals surface area contributed by atoms with Crippen molar-refractivity contribution in [3.63, 3.8) is 0 Å². The SMILES string of the molecule is COc1ccc(OCCCC(=O)N2CCC(n3c(=O)[nH]c4ccccc43)CC2)cc1. The van der Waals surface area contributed by atoms with Gasteiger partial charge in [-0.3, -0.25) is 9.36 Å². The molecule has 0 saturated carbocycles. The Hall–Kier alpha value is -3.22. The van der Waals surface area contributed by atoms with Crippen LogP contribution in [0.3, 0.4) is 0 Å². The molecule has 1 saturated heterocycles. The lowest BCUT2D eigenvalue weighted by Gasteiger charge is -2.32. The second-order valence-electron chi connectivity index (χ2n) is 7.56. The number of fused-ring (bicyclic) bond motifs is 1. The number of benzene rings is 2. The number of nitrogens with zero attached hydrogens (tertiary/aromatic N) is 2. The van der Waals surface area contributed by atoms with Crippen LogP contribution in [0.4, 0.5) is 0 Å². The fraction of sp³-hybridized carbons (Fsp3) is 0.391. The number of hydrogen-bond donors (Lipinski definition) is 1. The molecule has 0 bridgehead atoms. The lowest BCUT2D eigenvalue weighted by Crippen LogP contribution is -2.40. The van der Waals surface area contributed by atoms with Gasteiger partial charge in [-0.05, 0) is 55.7 Å². The first-order valence-electron chi connectivity index (χ1n) is 10.4. The number of nitrogens with one attached hydrogen (secondary N) is 1. The fourth-order valence-electron chi connectivity index (χ4n) is 4.05. The van der Waals surface area contributed by atoms with E-state index in [1.807, 2.05) is 58.0 Å². The number of aromatic nitrogens is 2. The Kier molecular flexibility index (Phi) is 6.07. The summed E-state index contributed by atoms with van der Waals surface area (Å²) in [5.74, 6) is 1.71. The van der Waals surface area contributed by atoms with E-state index >= 15 is 0 Å². The number of likely N-dealkylation sites (tertiary alicyclic amines) is 1. The van der Waals surface area contributed by atoms with E-state index in [1.165, 1.54) is 0 Å². The van der Waals surface area contributed by atoms with Crippen molar-refractivity contribution in [2.75, 3.05) is 26.8 Å². The molecular weight excluding hydrogens is 382 g/mol. The predicted octanol–water partition coefficient (Wildman–Crippen LogP) is 3.36. The topological polar surface area (TPSA) is 76.6 Å². The van der Waals surface area contributed by atoms with E-state index in [9.17, 15) is 9.59 Å². The Morgan fingerprint density at radius 3 is 2.50 bits per heavy atom. The van der Waals surface area contributed by atoms with Crippen molar-refractivity contribution in [2.45, 2.75) is 31.7 Å². The fourth-order valence-corrected chi connectivity index (χ4v) is 4.05. The highest BCUT2D eigenvalue weighted by atomic mass is 16.5. The third-order valence-electron chi connectivity index (χ3n) is 5.67. The summed E-state index contributed by atoms with van der Waals surface area (Å²) in [6.45, 7) is 1.85. The number of carbonyl (C=O) groups is 1. The molecule has 1 aromatic heterocycles. The molecule has 1 N–H and O–H groups in total. The zero-order valence-electron chi connectivity index (χ0n) is 17.2. The summed E-state index contributed by atoms with van der Waals surface area (Å²) in [4.78, 5) is 29.8. The van der Waals surface area contributed by atoms with Crippen LogP contribution < -0.4 is 15.2 Å². The maximum atomic E-state index is 12.5. The third kappa shape index (κ3) is 4.35. The monoisotopic (exact) mass is 409 g/mol. The molecule has 1 amide bonds. The zero-order valence-corrected chi connectivity index (χ0v) is 17.2. The average Bonchev–Trinajstić information content (AvgIpc) is 3.12. The van der Waals surface area contributed by atoms with E-state index in [0.717, 1.165) is 35.4 Å². The molecule has 4 rings (SSSR count). The maximum Gasteiger partial charge on any atom is 0.326 e. The van der Waals surface area contributed by atoms with E-state index in [1.54, 1.807) is 7.11 Å². The summed E-state index contributed by atoms with van der Waals surface area (Å²) in [6, 6.07) is 15.3. The number of imidazole rings is 1. The predicted molar refractivity (Wildman–Crippen MR) is 115 cm³/mol. The summed E-state index contributed by atoms with van der Waals surface area (Å²) in [6.07, 6.45) is 2.71. The second-order valence-corrected chi connectivity index (χ2v) is 7.56. The van der Waals surface area contributed by atoms with Crippen molar-refractivity contribution in [1.82, 2.24) is 14.5 Å². The normalized spacial score (nSPS) is 14.8. The van der Waals surface area contributed by atoms with Gasteiger partial charge < -0.3 is 19.4 Å². The zero-order chi connectivity index (χ0) is 20.9. The average molecular weight is 409 g/mol. The Balaban J connectivity index is 1.24. The number of aromatic amines is 1. The number of methoxy groups -OCH3 is 1. The van der Waals surface area contributed by atoms with E-state index in [2.05, 4.69) is 4.98 Å². The Bertz CT molecular complexity index is 1050. The van der Waals surface area contributed by atoms with Crippen LogP contribution in [0.15, 0.2) is 53.3 Å². The highest BCUT2D eigenvalue weighted by molar-refractivity contribution is 5.76. The number of para-hydroxylation sites is 2. The van der Waals surface area contributed by atoms with Crippen LogP contribution in [-0.2, 0) is 4.79 Å². The van der Waals surface area contributed by atoms with E-state index in [0.29, 0.717) is 32.5 Å². The van der Waals surface area contributed by atoms with Gasteiger partial charge in [-0.25, -0.2) is 4.79 Å². The minimum absolute atomic E-state index is 0.0725. The first-order chi connectivity index (χ1) is 14.7. The molecule has 1 aliphatic rings. The number of hydrogen-bond acceptors (Lipinski definition) is 4. The second kappa shape index (κ2) is 9.07. The van der Waals surface area contributed by atoms with Crippen molar-refractivity contribution in [3.05, 3.63) is 59.0 Å². The van der Waals surface area contributed by atoms with Gasteiger partial charge in [0.2, 0.25) is 5.91 Å². The van der Waals surface area contributed by atoms with Gasteiger partial charge >= 0.3 is 5.69 Å². The summed E-state index contributed by atoms with van der Waals surface area (Å²) in [7, 11) is 1.63. The minimum Gasteiger partial charge on any atom is -0.497 e. The molecule has 3 aromatic rings. The molecule has 7 heteroatoms. The Morgan fingerprint density at radius 1 is 1.07 bits per heavy atom. The van der Waals surface area contributed by atoms with Gasteiger partial charge in [-0.15, -0.1) is 0 Å². The quantitative estimate of drug-likeness (QED) is 0.607. The molecule has 1 fully saturated rings. The van der Waals surface area contributed by atoms with Gasteiger partial charge in [0, 0.05) is 25.6 Å². The molecule has 30 heavy (non-hydrogen) atoms. The summed E-state index contributed by atoms with van der Waals surface area (Å²) >= 11 is 0. The molecule has 2 aromatic carbocycles. The van der Waals surface area contributed by atoms with Crippen molar-refractivity contribution in [2.24, 2.45) is 0 Å². The van der Waals surface area contributed by atoms with Gasteiger partial charge in [-0.2, -0.15) is 0 Å². The summed E-state index contributed by atoms with van der Waals surface area (Å²) < 4.78 is 12.7. The molecule has 0 aliphatic carbocycles. The van der Waals surface area contributed by atoms with Crippen molar-refractivity contribution in [3.8, 4) is 11.5 Å². The Labute approximate surface area is 175 Å². The van der Waals surface area contributed by atoms with Gasteiger partial charge in [0.1, 0.15) is 11.5 Å². The van der Waals surface area contributed by atoms with Crippen LogP contribution in [0.2, 0.25) is 0 Å². The van der Waals surface area contributed by atoms with Crippen molar-refractivity contribution < 1.29 is 14.3 Å². The molecule has 0 unspecified atom stereocenters. The number of H-pyrrole nitrogens is 1. The van der Waals surface area contributed by atoms with Crippen LogP contribution in [0, 0.1) is 0 Å². The first kappa shape index (κ1) is 20.1. The van der Waals surface area contributed by atoms with Gasteiger partial charge in [0.25, 0.3) is 0 Å². The minimum atomic E-state index is -0.0725. The Morgan fingerprint density at radius 2 is 1.77 bits per heavy atom. The smallest absolute Gasteiger partial charge is 0.326 e. The largest absolute Gasteiger partial charge is 0.497 e. The highest BCUT2D eigenvalue weighted by Crippen LogP contribution is 2.25. The van der Waals surface area contributed by atoms with Crippen LogP contribution in [0.25, 0.3) is 11.0 Å². The van der Waals surface area contributed by atoms with E-state index in [4.69, 9.17) is 9.47 Å². The molecule has 2 heterocycles. The van der Waals surface area contributed by atoms with Gasteiger partial charge in [0.05, 0.1) is 24.8 Å². The highest BCUT2D eigenvalue weighted by Gasteiger charge is 2.25. The van der Waals surface area contributed by atoms with Crippen LogP contribution >= 0.6 is 0 Å². The molecule has 7 nitrogen and oxygen atoms in total. The van der Waals surface area contributed by atoms with E-state index in [-0.39, 0.29) is 17.6 Å². The first-order valence-corrected chi connectivity index (χ1v) is 10.4. The lowest BCUT2D eigenvalue weighted by atomic mass is 10.0. The molecule has 1 aliphatic heterocycles. The molecule has 0 atom stereocenters. The number of piperidine rings is 1. The van der Waals surface area contributed by atoms with Gasteiger partial charge in [0.15, 0.2) is 0 Å². The number of amides is 1. The maximum absolute atomic E-state index is 12.5. The van der Waals surface area contributed by atoms with Crippen molar-refractivity contribution >= 4 is 16.9 Å².